The minimum Gasteiger partial charge on any atom is -0.298 e. The molecular formula is C18H16FN3O3S2. The first kappa shape index (κ1) is 18.0. The Morgan fingerprint density at radius 2 is 1.93 bits per heavy atom. The zero-order chi connectivity index (χ0) is 19.2. The van der Waals surface area contributed by atoms with Crippen molar-refractivity contribution in [3.8, 4) is 0 Å². The summed E-state index contributed by atoms with van der Waals surface area (Å²) in [5.41, 5.74) is 0.912. The van der Waals surface area contributed by atoms with Crippen LogP contribution >= 0.6 is 11.3 Å². The topological polar surface area (TPSA) is 79.4 Å². The summed E-state index contributed by atoms with van der Waals surface area (Å²) in [4.78, 5) is 16.8. The first-order valence-electron chi connectivity index (χ1n) is 8.30. The molecular weight excluding hydrogens is 389 g/mol. The van der Waals surface area contributed by atoms with Gasteiger partial charge in [0.15, 0.2) is 5.13 Å². The van der Waals surface area contributed by atoms with E-state index in [0.29, 0.717) is 20.9 Å². The molecule has 1 saturated carbocycles. The van der Waals surface area contributed by atoms with E-state index in [4.69, 9.17) is 0 Å². The molecule has 0 aliphatic heterocycles. The average molecular weight is 405 g/mol. The summed E-state index contributed by atoms with van der Waals surface area (Å²) in [5.74, 6) is -0.772. The molecule has 1 N–H and O–H groups in total. The molecule has 0 bridgehead atoms. The van der Waals surface area contributed by atoms with Crippen molar-refractivity contribution in [2.24, 2.45) is 0 Å². The van der Waals surface area contributed by atoms with E-state index in [-0.39, 0.29) is 16.8 Å². The van der Waals surface area contributed by atoms with E-state index in [1.54, 1.807) is 13.1 Å². The number of nitrogens with one attached hydrogen (secondary N) is 1. The van der Waals surface area contributed by atoms with E-state index >= 15 is 0 Å². The molecule has 4 rings (SSSR count). The summed E-state index contributed by atoms with van der Waals surface area (Å²) in [6.07, 6.45) is 1.75. The van der Waals surface area contributed by atoms with Gasteiger partial charge in [0.1, 0.15) is 5.82 Å². The Balaban J connectivity index is 1.51. The second-order valence-electron chi connectivity index (χ2n) is 6.36. The number of nitrogens with zero attached hydrogens (tertiary/aromatic N) is 2. The third kappa shape index (κ3) is 3.58. The molecule has 1 aliphatic carbocycles. The number of thiazole rings is 1. The number of sulfonamides is 1. The smallest absolute Gasteiger partial charge is 0.257 e. The lowest BCUT2D eigenvalue weighted by molar-refractivity contribution is 0.102. The van der Waals surface area contributed by atoms with Crippen LogP contribution in [0.1, 0.15) is 23.2 Å². The maximum atomic E-state index is 13.3. The number of halogens is 1. The number of amides is 1. The van der Waals surface area contributed by atoms with E-state index in [1.807, 2.05) is 0 Å². The molecule has 0 radical (unpaired) electrons. The number of fused-ring (bicyclic) bond motifs is 1. The van der Waals surface area contributed by atoms with Crippen molar-refractivity contribution >= 4 is 42.6 Å². The van der Waals surface area contributed by atoms with Gasteiger partial charge in [0.25, 0.3) is 5.91 Å². The van der Waals surface area contributed by atoms with Crippen LogP contribution in [0.15, 0.2) is 47.4 Å². The van der Waals surface area contributed by atoms with Gasteiger partial charge in [-0.15, -0.1) is 0 Å². The fourth-order valence-electron chi connectivity index (χ4n) is 2.70. The number of carbonyl (C=O) groups is 1. The van der Waals surface area contributed by atoms with Crippen LogP contribution in [0.2, 0.25) is 0 Å². The largest absolute Gasteiger partial charge is 0.298 e. The quantitative estimate of drug-likeness (QED) is 0.705. The SMILES string of the molecule is CN(C1CC1)S(=O)(=O)c1ccc(C(=O)Nc2nc3ccc(F)cc3s2)cc1. The summed E-state index contributed by atoms with van der Waals surface area (Å²) in [7, 11) is -1.97. The first-order valence-corrected chi connectivity index (χ1v) is 10.6. The van der Waals surface area contributed by atoms with Gasteiger partial charge in [-0.05, 0) is 55.3 Å². The number of anilines is 1. The monoisotopic (exact) mass is 405 g/mol. The van der Waals surface area contributed by atoms with Gasteiger partial charge in [0.05, 0.1) is 15.1 Å². The van der Waals surface area contributed by atoms with Crippen molar-refractivity contribution in [3.63, 3.8) is 0 Å². The van der Waals surface area contributed by atoms with Crippen LogP contribution in [0, 0.1) is 5.82 Å². The molecule has 2 aromatic carbocycles. The third-order valence-electron chi connectivity index (χ3n) is 4.43. The Hall–Kier alpha value is -2.36. The number of rotatable bonds is 5. The van der Waals surface area contributed by atoms with Crippen LogP contribution in [-0.4, -0.2) is 36.7 Å². The summed E-state index contributed by atoms with van der Waals surface area (Å²) in [5, 5.41) is 3.02. The van der Waals surface area contributed by atoms with Crippen molar-refractivity contribution in [2.45, 2.75) is 23.8 Å². The maximum absolute atomic E-state index is 13.3. The lowest BCUT2D eigenvalue weighted by atomic mass is 10.2. The molecule has 6 nitrogen and oxygen atoms in total. The van der Waals surface area contributed by atoms with Gasteiger partial charge in [-0.2, -0.15) is 4.31 Å². The fourth-order valence-corrected chi connectivity index (χ4v) is 5.00. The molecule has 140 valence electrons. The molecule has 0 spiro atoms. The third-order valence-corrected chi connectivity index (χ3v) is 7.28. The van der Waals surface area contributed by atoms with E-state index in [0.717, 1.165) is 12.8 Å². The van der Waals surface area contributed by atoms with Gasteiger partial charge >= 0.3 is 0 Å². The summed E-state index contributed by atoms with van der Waals surface area (Å²) in [6.45, 7) is 0. The van der Waals surface area contributed by atoms with E-state index in [1.165, 1.54) is 52.0 Å². The van der Waals surface area contributed by atoms with E-state index in [9.17, 15) is 17.6 Å². The van der Waals surface area contributed by atoms with E-state index < -0.39 is 15.9 Å². The highest BCUT2D eigenvalue weighted by Gasteiger charge is 2.35. The predicted octanol–water partition coefficient (Wildman–Crippen LogP) is 3.47. The molecule has 1 fully saturated rings. The van der Waals surface area contributed by atoms with Crippen molar-refractivity contribution in [1.82, 2.24) is 9.29 Å². The van der Waals surface area contributed by atoms with Crippen LogP contribution in [0.5, 0.6) is 0 Å². The van der Waals surface area contributed by atoms with Gasteiger partial charge in [-0.1, -0.05) is 11.3 Å². The van der Waals surface area contributed by atoms with Gasteiger partial charge in [0, 0.05) is 18.7 Å². The average Bonchev–Trinajstić information content (AvgIpc) is 3.41. The molecule has 1 aromatic heterocycles. The second kappa shape index (κ2) is 6.66. The molecule has 9 heteroatoms. The van der Waals surface area contributed by atoms with E-state index in [2.05, 4.69) is 10.3 Å². The predicted molar refractivity (Wildman–Crippen MR) is 102 cm³/mol. The molecule has 1 aliphatic rings. The number of aromatic nitrogens is 1. The van der Waals surface area contributed by atoms with Crippen LogP contribution in [-0.2, 0) is 10.0 Å². The molecule has 0 atom stereocenters. The summed E-state index contributed by atoms with van der Waals surface area (Å²) < 4.78 is 40.3. The van der Waals surface area contributed by atoms with Crippen molar-refractivity contribution in [3.05, 3.63) is 53.8 Å². The van der Waals surface area contributed by atoms with Crippen LogP contribution < -0.4 is 5.32 Å². The Morgan fingerprint density at radius 3 is 2.59 bits per heavy atom. The van der Waals surface area contributed by atoms with Crippen LogP contribution in [0.25, 0.3) is 10.2 Å². The standard InChI is InChI=1S/C18H16FN3O3S2/c1-22(13-5-6-13)27(24,25)14-7-2-11(3-8-14)17(23)21-18-20-15-9-4-12(19)10-16(15)26-18/h2-4,7-10,13H,5-6H2,1H3,(H,20,21,23). The van der Waals surface area contributed by atoms with Gasteiger partial charge < -0.3 is 0 Å². The minimum atomic E-state index is -3.54. The van der Waals surface area contributed by atoms with Crippen LogP contribution in [0.4, 0.5) is 9.52 Å². The number of hydrogen-bond donors (Lipinski definition) is 1. The molecule has 3 aromatic rings. The molecule has 1 heterocycles. The molecule has 0 saturated heterocycles. The number of benzene rings is 2. The highest BCUT2D eigenvalue weighted by molar-refractivity contribution is 7.89. The van der Waals surface area contributed by atoms with Crippen molar-refractivity contribution in [1.29, 1.82) is 0 Å². The highest BCUT2D eigenvalue weighted by atomic mass is 32.2. The normalized spacial score (nSPS) is 14.6. The van der Waals surface area contributed by atoms with Gasteiger partial charge in [0.2, 0.25) is 10.0 Å². The lowest BCUT2D eigenvalue weighted by Gasteiger charge is -2.16. The van der Waals surface area contributed by atoms with Crippen LogP contribution in [0.3, 0.4) is 0 Å². The number of carbonyl (C=O) groups excluding carboxylic acids is 1. The van der Waals surface area contributed by atoms with Crippen molar-refractivity contribution in [2.75, 3.05) is 12.4 Å². The summed E-state index contributed by atoms with van der Waals surface area (Å²) in [6, 6.07) is 10.1. The zero-order valence-electron chi connectivity index (χ0n) is 14.3. The Bertz CT molecular complexity index is 1120. The minimum absolute atomic E-state index is 0.0712. The van der Waals surface area contributed by atoms with Crippen molar-refractivity contribution < 1.29 is 17.6 Å². The molecule has 1 amide bonds. The Labute approximate surface area is 159 Å². The second-order valence-corrected chi connectivity index (χ2v) is 9.39. The molecule has 0 unspecified atom stereocenters. The highest BCUT2D eigenvalue weighted by Crippen LogP contribution is 2.30. The Kier molecular flexibility index (Phi) is 4.45. The van der Waals surface area contributed by atoms with Gasteiger partial charge in [-0.3, -0.25) is 10.1 Å². The Morgan fingerprint density at radius 1 is 1.22 bits per heavy atom. The number of hydrogen-bond acceptors (Lipinski definition) is 5. The first-order chi connectivity index (χ1) is 12.8. The fraction of sp³-hybridized carbons (Fsp3) is 0.222. The maximum Gasteiger partial charge on any atom is 0.257 e. The zero-order valence-corrected chi connectivity index (χ0v) is 16.0. The lowest BCUT2D eigenvalue weighted by Crippen LogP contribution is -2.29. The summed E-state index contributed by atoms with van der Waals surface area (Å²) >= 11 is 1.17. The van der Waals surface area contributed by atoms with Gasteiger partial charge in [-0.25, -0.2) is 17.8 Å². The molecule has 27 heavy (non-hydrogen) atoms.